The molecule has 4 aliphatic rings. The maximum atomic E-state index is 12.5. The Balaban J connectivity index is 1.57. The molecule has 3 N–H and O–H groups in total. The topological polar surface area (TPSA) is 172 Å². The third-order valence-corrected chi connectivity index (χ3v) is 11.3. The van der Waals surface area contributed by atoms with Gasteiger partial charge in [0.2, 0.25) is 22.4 Å². The Morgan fingerprint density at radius 3 is 2.03 bits per heavy atom. The summed E-state index contributed by atoms with van der Waals surface area (Å²) in [5.74, 6) is 0.838. The lowest BCUT2D eigenvalue weighted by Gasteiger charge is -2.48. The molecule has 38 heavy (non-hydrogen) atoms. The van der Waals surface area contributed by atoms with E-state index >= 15 is 0 Å². The van der Waals surface area contributed by atoms with Crippen LogP contribution in [0, 0.1) is 6.92 Å². The molecule has 2 saturated heterocycles. The molecule has 0 radical (unpaired) electrons. The molecule has 4 aliphatic heterocycles. The smallest absolute Gasteiger partial charge is 0.281 e. The van der Waals surface area contributed by atoms with E-state index in [0.717, 1.165) is 5.56 Å². The third kappa shape index (κ3) is 3.43. The predicted molar refractivity (Wildman–Crippen MR) is 140 cm³/mol. The quantitative estimate of drug-likeness (QED) is 0.150. The average molecular weight is 585 g/mol. The highest BCUT2D eigenvalue weighted by atomic mass is 32.2. The van der Waals surface area contributed by atoms with Crippen LogP contribution in [0.1, 0.15) is 30.9 Å². The first-order chi connectivity index (χ1) is 17.8. The fourth-order valence-corrected chi connectivity index (χ4v) is 9.23. The van der Waals surface area contributed by atoms with Gasteiger partial charge in [-0.25, -0.2) is 14.2 Å². The van der Waals surface area contributed by atoms with E-state index in [1.54, 1.807) is 31.2 Å². The molecule has 202 valence electrons. The van der Waals surface area contributed by atoms with Crippen molar-refractivity contribution in [2.75, 3.05) is 13.1 Å². The van der Waals surface area contributed by atoms with Gasteiger partial charge in [-0.15, -0.1) is 4.33 Å². The average Bonchev–Trinajstić information content (AvgIpc) is 3.25. The van der Waals surface area contributed by atoms with Gasteiger partial charge in [-0.1, -0.05) is 11.1 Å². The molecule has 4 heterocycles. The Labute approximate surface area is 222 Å². The Morgan fingerprint density at radius 2 is 1.47 bits per heavy atom. The van der Waals surface area contributed by atoms with Gasteiger partial charge in [0, 0.05) is 19.1 Å². The number of fused-ring (bicyclic) bond motifs is 4. The van der Waals surface area contributed by atoms with Crippen LogP contribution < -0.4 is 8.97 Å². The van der Waals surface area contributed by atoms with Crippen molar-refractivity contribution in [3.8, 4) is 0 Å². The number of hydrogen-bond acceptors (Lipinski definition) is 10. The summed E-state index contributed by atoms with van der Waals surface area (Å²) in [5, 5.41) is 10.2. The summed E-state index contributed by atoms with van der Waals surface area (Å²) < 4.78 is 73.8. The number of amidine groups is 2. The van der Waals surface area contributed by atoms with Crippen LogP contribution in [0.4, 0.5) is 22.7 Å². The number of rotatable bonds is 6. The second kappa shape index (κ2) is 8.37. The van der Waals surface area contributed by atoms with E-state index in [-0.39, 0.29) is 21.8 Å². The molecule has 6 rings (SSSR count). The van der Waals surface area contributed by atoms with Crippen molar-refractivity contribution in [1.29, 1.82) is 0 Å². The number of aryl methyl sites for hydroxylation is 1. The summed E-state index contributed by atoms with van der Waals surface area (Å²) in [4.78, 5) is 9.95. The van der Waals surface area contributed by atoms with Crippen molar-refractivity contribution in [3.05, 3.63) is 41.5 Å². The van der Waals surface area contributed by atoms with Gasteiger partial charge in [-0.05, 0) is 24.6 Å². The summed E-state index contributed by atoms with van der Waals surface area (Å²) in [5.41, 5.74) is 3.29. The lowest BCUT2D eigenvalue weighted by Crippen LogP contribution is -2.71. The van der Waals surface area contributed by atoms with Gasteiger partial charge in [-0.2, -0.15) is 26.8 Å². The largest absolute Gasteiger partial charge is 0.320 e. The van der Waals surface area contributed by atoms with Crippen molar-refractivity contribution in [1.82, 2.24) is 8.97 Å². The standard InChI is InChI=1S/C22H22N4O9S3/c1-12-3-4-14(19(9-12)36-35-34-27)22-24-16-11-17-15(10-18(16)26(22)8-6-21(26)38(31,32)33)23-13(2)25(17)7-5-20(25)37(28,29)30/h3-4,9-11,20-21H,5-8H2,1-2H3,(H-2,27,28,29,30,31,32,33)/p+2. The number of benzene rings is 2. The summed E-state index contributed by atoms with van der Waals surface area (Å²) in [6.45, 7) is 4.29. The van der Waals surface area contributed by atoms with Crippen molar-refractivity contribution in [2.24, 2.45) is 9.98 Å². The van der Waals surface area contributed by atoms with Crippen LogP contribution in [0.25, 0.3) is 0 Å². The van der Waals surface area contributed by atoms with Gasteiger partial charge < -0.3 is 0 Å². The van der Waals surface area contributed by atoms with E-state index in [1.807, 2.05) is 13.0 Å². The molecule has 2 spiro atoms. The molecule has 16 heteroatoms. The van der Waals surface area contributed by atoms with E-state index in [0.29, 0.717) is 70.0 Å². The van der Waals surface area contributed by atoms with E-state index < -0.39 is 31.0 Å². The maximum Gasteiger partial charge on any atom is 0.320 e. The molecule has 0 aromatic heterocycles. The van der Waals surface area contributed by atoms with Crippen molar-refractivity contribution in [2.45, 2.75) is 42.3 Å². The summed E-state index contributed by atoms with van der Waals surface area (Å²) in [6, 6.07) is 8.71. The fourth-order valence-electron chi connectivity index (χ4n) is 6.24. The van der Waals surface area contributed by atoms with E-state index in [2.05, 4.69) is 14.4 Å². The minimum absolute atomic E-state index is 0.138. The van der Waals surface area contributed by atoms with Crippen LogP contribution in [-0.2, 0) is 29.6 Å². The van der Waals surface area contributed by atoms with Crippen molar-refractivity contribution >= 4 is 66.7 Å². The molecule has 0 saturated carbocycles. The molecule has 2 aromatic rings. The zero-order chi connectivity index (χ0) is 27.3. The summed E-state index contributed by atoms with van der Waals surface area (Å²) >= 11 is 0.714. The highest BCUT2D eigenvalue weighted by Gasteiger charge is 2.65. The van der Waals surface area contributed by atoms with Crippen LogP contribution in [0.5, 0.6) is 0 Å². The first-order valence-corrected chi connectivity index (χ1v) is 15.4. The van der Waals surface area contributed by atoms with Crippen LogP contribution in [-0.4, -0.2) is 66.7 Å². The Bertz CT molecular complexity index is 1670. The third-order valence-electron chi connectivity index (χ3n) is 8.06. The number of quaternary nitrogens is 2. The molecule has 4 unspecified atom stereocenters. The normalized spacial score (nSPS) is 29.5. The zero-order valence-electron chi connectivity index (χ0n) is 20.2. The van der Waals surface area contributed by atoms with Gasteiger partial charge in [-0.3, -0.25) is 9.11 Å². The molecule has 0 aliphatic carbocycles. The molecular formula is C22H24N4O9S3+2. The minimum atomic E-state index is -4.51. The van der Waals surface area contributed by atoms with Crippen molar-refractivity contribution < 1.29 is 40.6 Å². The zero-order valence-corrected chi connectivity index (χ0v) is 22.6. The second-order valence-electron chi connectivity index (χ2n) is 9.85. The molecule has 13 nitrogen and oxygen atoms in total. The number of nitrogens with zero attached hydrogens (tertiary/aromatic N) is 4. The predicted octanol–water partition coefficient (Wildman–Crippen LogP) is 3.43. The number of hydrogen-bond donors (Lipinski definition) is 3. The van der Waals surface area contributed by atoms with Crippen molar-refractivity contribution in [3.63, 3.8) is 0 Å². The number of aliphatic imine (C=N–C) groups is 2. The Kier molecular flexibility index (Phi) is 5.73. The highest BCUT2D eigenvalue weighted by molar-refractivity contribution is 7.94. The van der Waals surface area contributed by atoms with Crippen LogP contribution in [0.15, 0.2) is 45.2 Å². The lowest BCUT2D eigenvalue weighted by molar-refractivity contribution is -0.432. The highest BCUT2D eigenvalue weighted by Crippen LogP contribution is 2.58. The minimum Gasteiger partial charge on any atom is -0.281 e. The van der Waals surface area contributed by atoms with Gasteiger partial charge in [0.05, 0.1) is 48.4 Å². The summed E-state index contributed by atoms with van der Waals surface area (Å²) in [6.07, 6.45) is 0.449. The SMILES string of the molecule is CC1=Nc2cc3c(cc2[N+]12CCC2S(=O)(=O)O)N=C(c1ccc(C)cc1SOOO)[N+]31CCC1S(=O)(=O)O. The Hall–Kier alpha value is -2.25. The Morgan fingerprint density at radius 1 is 0.895 bits per heavy atom. The fraction of sp³-hybridized carbons (Fsp3) is 0.364. The van der Waals surface area contributed by atoms with E-state index in [1.165, 1.54) is 0 Å². The summed E-state index contributed by atoms with van der Waals surface area (Å²) in [7, 11) is -8.89. The second-order valence-corrected chi connectivity index (χ2v) is 13.7. The van der Waals surface area contributed by atoms with Gasteiger partial charge in [0.15, 0.2) is 11.4 Å². The molecule has 2 aromatic carbocycles. The van der Waals surface area contributed by atoms with Crippen LogP contribution in [0.3, 0.4) is 0 Å². The van der Waals surface area contributed by atoms with E-state index in [4.69, 9.17) is 10.2 Å². The van der Waals surface area contributed by atoms with Crippen LogP contribution >= 0.6 is 12.0 Å². The first-order valence-electron chi connectivity index (χ1n) is 11.6. The molecule has 4 atom stereocenters. The first kappa shape index (κ1) is 26.0. The maximum absolute atomic E-state index is 12.5. The van der Waals surface area contributed by atoms with E-state index in [9.17, 15) is 25.9 Å². The van der Waals surface area contributed by atoms with Gasteiger partial charge in [0.25, 0.3) is 0 Å². The van der Waals surface area contributed by atoms with Gasteiger partial charge in [0.1, 0.15) is 11.4 Å². The van der Waals surface area contributed by atoms with Crippen LogP contribution in [0.2, 0.25) is 0 Å². The molecule has 2 fully saturated rings. The molecule has 0 amide bonds. The van der Waals surface area contributed by atoms with Gasteiger partial charge >= 0.3 is 20.2 Å². The monoisotopic (exact) mass is 584 g/mol. The lowest BCUT2D eigenvalue weighted by atomic mass is 10.0. The molecular weight excluding hydrogens is 560 g/mol. The molecule has 0 bridgehead atoms.